The number of nitrogens with two attached hydrogens (primary N) is 2. The lowest BCUT2D eigenvalue weighted by atomic mass is 9.97. The topological polar surface area (TPSA) is 243 Å². The quantitative estimate of drug-likeness (QED) is 0.136. The van der Waals surface area contributed by atoms with Crippen molar-refractivity contribution in [3.05, 3.63) is 18.2 Å². The second-order valence-corrected chi connectivity index (χ2v) is 7.57. The van der Waals surface area contributed by atoms with Gasteiger partial charge in [0.15, 0.2) is 0 Å². The number of carbonyl (C=O) groups excluding carboxylic acids is 4. The van der Waals surface area contributed by atoms with Crippen LogP contribution < -0.4 is 27.4 Å². The second kappa shape index (κ2) is 13.1. The van der Waals surface area contributed by atoms with Crippen molar-refractivity contribution in [3.8, 4) is 0 Å². The van der Waals surface area contributed by atoms with Crippen molar-refractivity contribution in [1.29, 1.82) is 0 Å². The van der Waals surface area contributed by atoms with Crippen LogP contribution in [0.25, 0.3) is 0 Å². The summed E-state index contributed by atoms with van der Waals surface area (Å²) >= 11 is 0. The summed E-state index contributed by atoms with van der Waals surface area (Å²) in [5, 5.41) is 25.5. The number of hydrogen-bond donors (Lipinski definition) is 8. The largest absolute Gasteiger partial charge is 0.480 e. The van der Waals surface area contributed by atoms with Crippen LogP contribution in [-0.2, 0) is 30.4 Å². The third-order valence-electron chi connectivity index (χ3n) is 4.96. The highest BCUT2D eigenvalue weighted by atomic mass is 16.4. The Labute approximate surface area is 189 Å². The SMILES string of the molecule is CCC(C)C(NC(=O)C(N)Cc1cnc[nH]1)C(=O)NC(CO)C(=O)NC(CC(N)=O)C(=O)O. The molecule has 14 heteroatoms. The van der Waals surface area contributed by atoms with Crippen molar-refractivity contribution >= 4 is 29.6 Å². The molecule has 0 aromatic carbocycles. The maximum absolute atomic E-state index is 12.8. The zero-order valence-electron chi connectivity index (χ0n) is 18.4. The molecular formula is C19H31N7O7. The van der Waals surface area contributed by atoms with Crippen molar-refractivity contribution in [2.75, 3.05) is 6.61 Å². The number of amides is 4. The molecular weight excluding hydrogens is 438 g/mol. The number of carbonyl (C=O) groups is 5. The molecule has 5 unspecified atom stereocenters. The fraction of sp³-hybridized carbons (Fsp3) is 0.579. The molecule has 33 heavy (non-hydrogen) atoms. The molecule has 0 saturated carbocycles. The van der Waals surface area contributed by atoms with Gasteiger partial charge in [-0.2, -0.15) is 0 Å². The number of aromatic nitrogens is 2. The van der Waals surface area contributed by atoms with Gasteiger partial charge in [0, 0.05) is 18.3 Å². The smallest absolute Gasteiger partial charge is 0.326 e. The number of nitrogens with zero attached hydrogens (tertiary/aromatic N) is 1. The molecule has 0 radical (unpaired) electrons. The molecule has 0 saturated heterocycles. The van der Waals surface area contributed by atoms with E-state index in [2.05, 4.69) is 20.6 Å². The number of carboxylic acid groups (broad SMARTS) is 1. The molecule has 0 aliphatic rings. The molecule has 1 aromatic heterocycles. The number of hydrogen-bond acceptors (Lipinski definition) is 8. The fourth-order valence-electron chi connectivity index (χ4n) is 2.82. The van der Waals surface area contributed by atoms with Crippen LogP contribution in [0, 0.1) is 5.92 Å². The van der Waals surface area contributed by atoms with E-state index in [0.29, 0.717) is 12.1 Å². The molecule has 0 bridgehead atoms. The minimum Gasteiger partial charge on any atom is -0.480 e. The average Bonchev–Trinajstić information content (AvgIpc) is 3.26. The molecule has 0 spiro atoms. The lowest BCUT2D eigenvalue weighted by molar-refractivity contribution is -0.144. The van der Waals surface area contributed by atoms with Gasteiger partial charge in [-0.3, -0.25) is 19.2 Å². The fourth-order valence-corrected chi connectivity index (χ4v) is 2.82. The Morgan fingerprint density at radius 3 is 2.21 bits per heavy atom. The van der Waals surface area contributed by atoms with E-state index in [1.54, 1.807) is 13.8 Å². The molecule has 184 valence electrons. The summed E-state index contributed by atoms with van der Waals surface area (Å²) in [5.41, 5.74) is 11.5. The first-order valence-corrected chi connectivity index (χ1v) is 10.3. The van der Waals surface area contributed by atoms with Crippen LogP contribution in [0.15, 0.2) is 12.5 Å². The van der Waals surface area contributed by atoms with Crippen LogP contribution in [0.2, 0.25) is 0 Å². The first-order valence-electron chi connectivity index (χ1n) is 10.3. The highest BCUT2D eigenvalue weighted by Gasteiger charge is 2.32. The Kier molecular flexibility index (Phi) is 10.9. The van der Waals surface area contributed by atoms with Gasteiger partial charge in [-0.05, 0) is 5.92 Å². The van der Waals surface area contributed by atoms with Crippen LogP contribution in [0.3, 0.4) is 0 Å². The summed E-state index contributed by atoms with van der Waals surface area (Å²) in [6, 6.07) is -5.23. The van der Waals surface area contributed by atoms with Gasteiger partial charge in [0.05, 0.1) is 25.4 Å². The summed E-state index contributed by atoms with van der Waals surface area (Å²) < 4.78 is 0. The zero-order valence-corrected chi connectivity index (χ0v) is 18.4. The van der Waals surface area contributed by atoms with Crippen molar-refractivity contribution in [2.45, 2.75) is 57.3 Å². The predicted molar refractivity (Wildman–Crippen MR) is 114 cm³/mol. The molecule has 0 aliphatic carbocycles. The van der Waals surface area contributed by atoms with Crippen molar-refractivity contribution in [3.63, 3.8) is 0 Å². The highest BCUT2D eigenvalue weighted by molar-refractivity contribution is 5.95. The Morgan fingerprint density at radius 2 is 1.73 bits per heavy atom. The minimum absolute atomic E-state index is 0.152. The summed E-state index contributed by atoms with van der Waals surface area (Å²) in [7, 11) is 0. The number of nitrogens with one attached hydrogen (secondary N) is 4. The van der Waals surface area contributed by atoms with Gasteiger partial charge in [-0.15, -0.1) is 0 Å². The molecule has 1 heterocycles. The summed E-state index contributed by atoms with van der Waals surface area (Å²) in [4.78, 5) is 66.6. The predicted octanol–water partition coefficient (Wildman–Crippen LogP) is -3.27. The third-order valence-corrected chi connectivity index (χ3v) is 4.96. The Morgan fingerprint density at radius 1 is 1.09 bits per heavy atom. The van der Waals surface area contributed by atoms with E-state index in [9.17, 15) is 29.1 Å². The number of H-pyrrole nitrogens is 1. The Balaban J connectivity index is 2.85. The van der Waals surface area contributed by atoms with Gasteiger partial charge in [-0.1, -0.05) is 20.3 Å². The van der Waals surface area contributed by atoms with Crippen molar-refractivity contribution < 1.29 is 34.2 Å². The summed E-state index contributed by atoms with van der Waals surface area (Å²) in [5.74, 6) is -5.26. The number of imidazole rings is 1. The van der Waals surface area contributed by atoms with Crippen LogP contribution in [0.5, 0.6) is 0 Å². The Hall–Kier alpha value is -3.52. The lowest BCUT2D eigenvalue weighted by Crippen LogP contribution is -2.59. The third kappa shape index (κ3) is 8.86. The molecule has 1 aromatic rings. The van der Waals surface area contributed by atoms with Gasteiger partial charge in [-0.25, -0.2) is 9.78 Å². The van der Waals surface area contributed by atoms with Crippen molar-refractivity contribution in [1.82, 2.24) is 25.9 Å². The van der Waals surface area contributed by atoms with E-state index < -0.39 is 66.8 Å². The number of carboxylic acids is 1. The number of aliphatic hydroxyl groups is 1. The highest BCUT2D eigenvalue weighted by Crippen LogP contribution is 2.09. The number of aromatic amines is 1. The van der Waals surface area contributed by atoms with Crippen LogP contribution in [0.4, 0.5) is 0 Å². The molecule has 14 nitrogen and oxygen atoms in total. The Bertz CT molecular complexity index is 830. The lowest BCUT2D eigenvalue weighted by Gasteiger charge is -2.27. The van der Waals surface area contributed by atoms with Crippen LogP contribution in [-0.4, -0.2) is 80.6 Å². The molecule has 0 aliphatic heterocycles. The first-order chi connectivity index (χ1) is 15.5. The van der Waals surface area contributed by atoms with Crippen LogP contribution in [0.1, 0.15) is 32.4 Å². The van der Waals surface area contributed by atoms with E-state index >= 15 is 0 Å². The maximum Gasteiger partial charge on any atom is 0.326 e. The molecule has 10 N–H and O–H groups in total. The first kappa shape index (κ1) is 27.5. The summed E-state index contributed by atoms with van der Waals surface area (Å²) in [6.07, 6.45) is 2.92. The van der Waals surface area contributed by atoms with Gasteiger partial charge >= 0.3 is 5.97 Å². The average molecular weight is 469 g/mol. The monoisotopic (exact) mass is 469 g/mol. The van der Waals surface area contributed by atoms with Crippen LogP contribution >= 0.6 is 0 Å². The van der Waals surface area contributed by atoms with Gasteiger partial charge in [0.25, 0.3) is 0 Å². The number of rotatable bonds is 14. The second-order valence-electron chi connectivity index (χ2n) is 7.57. The van der Waals surface area contributed by atoms with Gasteiger partial charge in [0.2, 0.25) is 23.6 Å². The summed E-state index contributed by atoms with van der Waals surface area (Å²) in [6.45, 7) is 2.63. The molecule has 1 rings (SSSR count). The normalized spacial score (nSPS) is 15.4. The van der Waals surface area contributed by atoms with E-state index in [-0.39, 0.29) is 12.3 Å². The molecule has 4 amide bonds. The zero-order chi connectivity index (χ0) is 25.1. The van der Waals surface area contributed by atoms with E-state index in [1.165, 1.54) is 12.5 Å². The molecule has 5 atom stereocenters. The van der Waals surface area contributed by atoms with E-state index in [0.717, 1.165) is 0 Å². The molecule has 0 fully saturated rings. The number of aliphatic hydroxyl groups excluding tert-OH is 1. The van der Waals surface area contributed by atoms with E-state index in [1.807, 2.05) is 5.32 Å². The number of primary amides is 1. The van der Waals surface area contributed by atoms with Crippen molar-refractivity contribution in [2.24, 2.45) is 17.4 Å². The maximum atomic E-state index is 12.8. The van der Waals surface area contributed by atoms with Gasteiger partial charge in [0.1, 0.15) is 18.1 Å². The minimum atomic E-state index is -1.63. The number of aliphatic carboxylic acids is 1. The van der Waals surface area contributed by atoms with Gasteiger partial charge < -0.3 is 42.6 Å². The standard InChI is InChI=1S/C19H31N7O7/c1-3-9(2)15(26-16(29)11(20)4-10-6-22-8-23-10)18(31)25-13(7-27)17(30)24-12(19(32)33)5-14(21)28/h6,8-9,11-13,15,27H,3-5,7,20H2,1-2H3,(H2,21,28)(H,22,23)(H,24,30)(H,25,31)(H,26,29)(H,32,33). The van der Waals surface area contributed by atoms with E-state index in [4.69, 9.17) is 16.6 Å².